The Kier molecular flexibility index (Phi) is 4.91. The first kappa shape index (κ1) is 14.7. The number of carbonyl (C=O) groups excluding carboxylic acids is 1. The minimum atomic E-state index is -0.766. The van der Waals surface area contributed by atoms with E-state index in [1.807, 2.05) is 6.92 Å². The van der Waals surface area contributed by atoms with Gasteiger partial charge in [0.25, 0.3) is 0 Å². The molecule has 0 aromatic heterocycles. The van der Waals surface area contributed by atoms with Gasteiger partial charge in [-0.05, 0) is 30.9 Å². The fourth-order valence-electron chi connectivity index (χ4n) is 1.81. The van der Waals surface area contributed by atoms with Crippen LogP contribution >= 0.6 is 0 Å². The van der Waals surface area contributed by atoms with Gasteiger partial charge in [0.2, 0.25) is 5.91 Å². The Labute approximate surface area is 110 Å². The van der Waals surface area contributed by atoms with Crippen LogP contribution in [0.5, 0.6) is 0 Å². The average molecular weight is 248 g/mol. The number of carbonyl (C=O) groups is 1. The van der Waals surface area contributed by atoms with Crippen molar-refractivity contribution in [3.63, 3.8) is 0 Å². The number of amides is 1. The Morgan fingerprint density at radius 2 is 1.72 bits per heavy atom. The Morgan fingerprint density at radius 1 is 1.22 bits per heavy atom. The molecule has 2 N–H and O–H groups in total. The third-order valence-corrected chi connectivity index (χ3v) is 3.42. The lowest BCUT2D eigenvalue weighted by molar-refractivity contribution is -0.135. The summed E-state index contributed by atoms with van der Waals surface area (Å²) in [6.45, 7) is 6.45. The van der Waals surface area contributed by atoms with Gasteiger partial charge in [0.1, 0.15) is 0 Å². The highest BCUT2D eigenvalue weighted by molar-refractivity contribution is 5.85. The van der Waals surface area contributed by atoms with Crippen LogP contribution in [0, 0.1) is 0 Å². The zero-order chi connectivity index (χ0) is 13.8. The van der Waals surface area contributed by atoms with Crippen LogP contribution in [-0.4, -0.2) is 23.4 Å². The molecule has 3 nitrogen and oxygen atoms in total. The first-order valence-corrected chi connectivity index (χ1v) is 6.53. The van der Waals surface area contributed by atoms with Crippen molar-refractivity contribution in [3.05, 3.63) is 35.4 Å². The van der Waals surface area contributed by atoms with Gasteiger partial charge in [-0.2, -0.15) is 0 Å². The topological polar surface area (TPSA) is 46.3 Å². The van der Waals surface area contributed by atoms with E-state index < -0.39 is 5.54 Å². The molecule has 0 bridgehead atoms. The largest absolute Gasteiger partial charge is 0.340 e. The summed E-state index contributed by atoms with van der Waals surface area (Å²) < 4.78 is 0. The lowest BCUT2D eigenvalue weighted by atomic mass is 9.98. The fourth-order valence-corrected chi connectivity index (χ4v) is 1.81. The number of rotatable bonds is 5. The maximum Gasteiger partial charge on any atom is 0.242 e. The third kappa shape index (κ3) is 3.57. The molecule has 18 heavy (non-hydrogen) atoms. The first-order chi connectivity index (χ1) is 8.40. The van der Waals surface area contributed by atoms with Crippen LogP contribution in [0.2, 0.25) is 0 Å². The van der Waals surface area contributed by atoms with Gasteiger partial charge in [0.15, 0.2) is 0 Å². The minimum Gasteiger partial charge on any atom is -0.340 e. The zero-order valence-electron chi connectivity index (χ0n) is 11.9. The molecule has 0 radical (unpaired) electrons. The van der Waals surface area contributed by atoms with E-state index in [4.69, 9.17) is 5.73 Å². The second-order valence-corrected chi connectivity index (χ2v) is 5.10. The van der Waals surface area contributed by atoms with Crippen molar-refractivity contribution >= 4 is 5.91 Å². The standard InChI is InChI=1S/C15H24N2O/c1-5-12-7-9-13(10-8-12)11-17(4)14(18)15(3,16)6-2/h7-10H,5-6,11,16H2,1-4H3. The number of aryl methyl sites for hydroxylation is 1. The molecule has 0 spiro atoms. The summed E-state index contributed by atoms with van der Waals surface area (Å²) >= 11 is 0. The Morgan fingerprint density at radius 3 is 2.17 bits per heavy atom. The molecule has 0 aliphatic rings. The molecule has 0 saturated heterocycles. The lowest BCUT2D eigenvalue weighted by Crippen LogP contribution is -2.51. The number of likely N-dealkylation sites (N-methyl/N-ethyl adjacent to an activating group) is 1. The van der Waals surface area contributed by atoms with Crippen LogP contribution in [-0.2, 0) is 17.8 Å². The molecule has 0 saturated carbocycles. The summed E-state index contributed by atoms with van der Waals surface area (Å²) in [7, 11) is 1.80. The third-order valence-electron chi connectivity index (χ3n) is 3.42. The summed E-state index contributed by atoms with van der Waals surface area (Å²) in [5, 5.41) is 0. The van der Waals surface area contributed by atoms with Gasteiger partial charge >= 0.3 is 0 Å². The highest BCUT2D eigenvalue weighted by atomic mass is 16.2. The van der Waals surface area contributed by atoms with E-state index in [0.717, 1.165) is 12.0 Å². The SMILES string of the molecule is CCc1ccc(CN(C)C(=O)C(C)(N)CC)cc1. The van der Waals surface area contributed by atoms with Gasteiger partial charge < -0.3 is 10.6 Å². The van der Waals surface area contributed by atoms with E-state index in [9.17, 15) is 4.79 Å². The van der Waals surface area contributed by atoms with Crippen molar-refractivity contribution in [2.24, 2.45) is 5.73 Å². The van der Waals surface area contributed by atoms with Gasteiger partial charge in [-0.3, -0.25) is 4.79 Å². The smallest absolute Gasteiger partial charge is 0.242 e. The maximum absolute atomic E-state index is 12.1. The summed E-state index contributed by atoms with van der Waals surface area (Å²) in [6.07, 6.45) is 1.68. The molecule has 1 unspecified atom stereocenters. The maximum atomic E-state index is 12.1. The second-order valence-electron chi connectivity index (χ2n) is 5.10. The van der Waals surface area contributed by atoms with E-state index in [-0.39, 0.29) is 5.91 Å². The molecule has 1 aromatic rings. The van der Waals surface area contributed by atoms with Gasteiger partial charge in [0, 0.05) is 13.6 Å². The zero-order valence-corrected chi connectivity index (χ0v) is 11.9. The summed E-state index contributed by atoms with van der Waals surface area (Å²) in [5.41, 5.74) is 7.65. The molecule has 0 heterocycles. The van der Waals surface area contributed by atoms with Crippen LogP contribution < -0.4 is 5.73 Å². The number of nitrogens with two attached hydrogens (primary N) is 1. The fraction of sp³-hybridized carbons (Fsp3) is 0.533. The molecule has 100 valence electrons. The predicted molar refractivity (Wildman–Crippen MR) is 75.2 cm³/mol. The molecule has 1 aromatic carbocycles. The Hall–Kier alpha value is -1.35. The molecule has 1 rings (SSSR count). The molecule has 0 aliphatic carbocycles. The molecular formula is C15H24N2O. The average Bonchev–Trinajstić information content (AvgIpc) is 2.38. The van der Waals surface area contributed by atoms with E-state index in [0.29, 0.717) is 13.0 Å². The second kappa shape index (κ2) is 6.01. The monoisotopic (exact) mass is 248 g/mol. The van der Waals surface area contributed by atoms with E-state index in [1.54, 1.807) is 18.9 Å². The highest BCUT2D eigenvalue weighted by Gasteiger charge is 2.28. The number of hydrogen-bond acceptors (Lipinski definition) is 2. The molecule has 1 atom stereocenters. The van der Waals surface area contributed by atoms with Gasteiger partial charge in [-0.15, -0.1) is 0 Å². The van der Waals surface area contributed by atoms with Crippen LogP contribution in [0.3, 0.4) is 0 Å². The summed E-state index contributed by atoms with van der Waals surface area (Å²) in [5.74, 6) is -0.00966. The van der Waals surface area contributed by atoms with Crippen molar-refractivity contribution in [2.75, 3.05) is 7.05 Å². The predicted octanol–water partition coefficient (Wildman–Crippen LogP) is 2.33. The van der Waals surface area contributed by atoms with E-state index >= 15 is 0 Å². The quantitative estimate of drug-likeness (QED) is 0.869. The molecule has 0 aliphatic heterocycles. The number of nitrogens with zero attached hydrogens (tertiary/aromatic N) is 1. The molecule has 1 amide bonds. The highest BCUT2D eigenvalue weighted by Crippen LogP contribution is 2.12. The van der Waals surface area contributed by atoms with Crippen molar-refractivity contribution in [3.8, 4) is 0 Å². The van der Waals surface area contributed by atoms with Crippen LogP contribution in [0.15, 0.2) is 24.3 Å². The van der Waals surface area contributed by atoms with Crippen molar-refractivity contribution in [1.82, 2.24) is 4.90 Å². The van der Waals surface area contributed by atoms with Gasteiger partial charge in [-0.25, -0.2) is 0 Å². The van der Waals surface area contributed by atoms with E-state index in [2.05, 4.69) is 31.2 Å². The normalized spacial score (nSPS) is 14.1. The van der Waals surface area contributed by atoms with Gasteiger partial charge in [0.05, 0.1) is 5.54 Å². The number of hydrogen-bond donors (Lipinski definition) is 1. The van der Waals surface area contributed by atoms with Crippen molar-refractivity contribution < 1.29 is 4.79 Å². The summed E-state index contributed by atoms with van der Waals surface area (Å²) in [4.78, 5) is 13.8. The Balaban J connectivity index is 2.69. The van der Waals surface area contributed by atoms with Crippen molar-refractivity contribution in [2.45, 2.75) is 45.7 Å². The molecular weight excluding hydrogens is 224 g/mol. The minimum absolute atomic E-state index is 0.00966. The summed E-state index contributed by atoms with van der Waals surface area (Å²) in [6, 6.07) is 8.36. The molecule has 3 heteroatoms. The van der Waals surface area contributed by atoms with Gasteiger partial charge in [-0.1, -0.05) is 38.1 Å². The lowest BCUT2D eigenvalue weighted by Gasteiger charge is -2.28. The van der Waals surface area contributed by atoms with Crippen LogP contribution in [0.1, 0.15) is 38.3 Å². The first-order valence-electron chi connectivity index (χ1n) is 6.53. The molecule has 0 fully saturated rings. The van der Waals surface area contributed by atoms with E-state index in [1.165, 1.54) is 5.56 Å². The Bertz CT molecular complexity index is 395. The van der Waals surface area contributed by atoms with Crippen LogP contribution in [0.25, 0.3) is 0 Å². The van der Waals surface area contributed by atoms with Crippen molar-refractivity contribution in [1.29, 1.82) is 0 Å². The number of benzene rings is 1. The van der Waals surface area contributed by atoms with Crippen LogP contribution in [0.4, 0.5) is 0 Å².